The van der Waals surface area contributed by atoms with Gasteiger partial charge in [0.15, 0.2) is 0 Å². The van der Waals surface area contributed by atoms with E-state index in [4.69, 9.17) is 17.4 Å². The highest BCUT2D eigenvalue weighted by molar-refractivity contribution is 6.34. The fraction of sp³-hybridized carbons (Fsp3) is 0. The molecular formula is C12H9ClF2N4O. The lowest BCUT2D eigenvalue weighted by Gasteiger charge is -2.08. The second kappa shape index (κ2) is 5.81. The van der Waals surface area contributed by atoms with E-state index in [1.807, 2.05) is 0 Å². The van der Waals surface area contributed by atoms with Crippen LogP contribution in [0, 0.1) is 11.6 Å². The molecule has 1 amide bonds. The van der Waals surface area contributed by atoms with Crippen molar-refractivity contribution in [1.29, 1.82) is 0 Å². The Balaban J connectivity index is 2.28. The number of nitrogens with two attached hydrogens (primary N) is 1. The molecule has 0 aliphatic heterocycles. The predicted octanol–water partition coefficient (Wildman–Crippen LogP) is 2.55. The fourth-order valence-electron chi connectivity index (χ4n) is 1.45. The van der Waals surface area contributed by atoms with Crippen molar-refractivity contribution in [3.8, 4) is 0 Å². The number of hydrazine groups is 1. The molecule has 1 aromatic heterocycles. The standard InChI is InChI=1S/C12H9ClF2N4O/c13-7-2-4-10(19-16)18-11(7)12(20)17-9-3-1-6(14)5-8(9)15/h1-5H,16H2,(H,17,20)(H,18,19). The van der Waals surface area contributed by atoms with Gasteiger partial charge < -0.3 is 10.7 Å². The third-order valence-electron chi connectivity index (χ3n) is 2.39. The van der Waals surface area contributed by atoms with E-state index in [2.05, 4.69) is 15.7 Å². The Morgan fingerprint density at radius 2 is 2.00 bits per heavy atom. The summed E-state index contributed by atoms with van der Waals surface area (Å²) >= 11 is 5.83. The second-order valence-corrected chi connectivity index (χ2v) is 4.16. The summed E-state index contributed by atoms with van der Waals surface area (Å²) in [6.45, 7) is 0. The summed E-state index contributed by atoms with van der Waals surface area (Å²) in [5.41, 5.74) is 1.95. The van der Waals surface area contributed by atoms with Crippen molar-refractivity contribution in [3.05, 3.63) is 52.7 Å². The molecule has 2 aromatic rings. The Morgan fingerprint density at radius 3 is 2.65 bits per heavy atom. The first-order chi connectivity index (χ1) is 9.51. The molecule has 0 bridgehead atoms. The van der Waals surface area contributed by atoms with E-state index in [1.165, 1.54) is 12.1 Å². The maximum absolute atomic E-state index is 13.4. The number of aromatic nitrogens is 1. The molecule has 0 unspecified atom stereocenters. The molecular weight excluding hydrogens is 290 g/mol. The number of pyridine rings is 1. The van der Waals surface area contributed by atoms with Crippen molar-refractivity contribution in [2.45, 2.75) is 0 Å². The molecule has 0 saturated heterocycles. The molecule has 0 atom stereocenters. The van der Waals surface area contributed by atoms with Crippen LogP contribution >= 0.6 is 11.6 Å². The topological polar surface area (TPSA) is 80.0 Å². The van der Waals surface area contributed by atoms with E-state index in [0.717, 1.165) is 12.1 Å². The number of hydrogen-bond donors (Lipinski definition) is 3. The van der Waals surface area contributed by atoms with Gasteiger partial charge in [0, 0.05) is 6.07 Å². The highest BCUT2D eigenvalue weighted by Crippen LogP contribution is 2.20. The molecule has 1 heterocycles. The van der Waals surface area contributed by atoms with Crippen molar-refractivity contribution in [3.63, 3.8) is 0 Å². The second-order valence-electron chi connectivity index (χ2n) is 3.75. The Kier molecular flexibility index (Phi) is 4.11. The smallest absolute Gasteiger partial charge is 0.275 e. The van der Waals surface area contributed by atoms with Crippen LogP contribution in [0.25, 0.3) is 0 Å². The minimum atomic E-state index is -0.900. The Labute approximate surface area is 117 Å². The molecule has 4 N–H and O–H groups in total. The third kappa shape index (κ3) is 3.01. The van der Waals surface area contributed by atoms with E-state index < -0.39 is 17.5 Å². The first kappa shape index (κ1) is 14.2. The fourth-order valence-corrected chi connectivity index (χ4v) is 1.65. The minimum absolute atomic E-state index is 0.0732. The van der Waals surface area contributed by atoms with Crippen LogP contribution in [0.3, 0.4) is 0 Å². The molecule has 104 valence electrons. The third-order valence-corrected chi connectivity index (χ3v) is 2.69. The van der Waals surface area contributed by atoms with Gasteiger partial charge in [-0.2, -0.15) is 0 Å². The van der Waals surface area contributed by atoms with E-state index in [9.17, 15) is 13.6 Å². The van der Waals surface area contributed by atoms with Crippen LogP contribution in [0.5, 0.6) is 0 Å². The zero-order valence-electron chi connectivity index (χ0n) is 9.95. The summed E-state index contributed by atoms with van der Waals surface area (Å²) in [7, 11) is 0. The highest BCUT2D eigenvalue weighted by Gasteiger charge is 2.15. The monoisotopic (exact) mass is 298 g/mol. The lowest BCUT2D eigenvalue weighted by Crippen LogP contribution is -2.17. The van der Waals surface area contributed by atoms with E-state index in [-0.39, 0.29) is 22.2 Å². The number of rotatable bonds is 3. The molecule has 2 rings (SSSR count). The Hall–Kier alpha value is -2.25. The number of halogens is 3. The Morgan fingerprint density at radius 1 is 1.25 bits per heavy atom. The van der Waals surface area contributed by atoms with Crippen LogP contribution in [0.1, 0.15) is 10.5 Å². The molecule has 0 radical (unpaired) electrons. The average molecular weight is 299 g/mol. The number of amides is 1. The maximum atomic E-state index is 13.4. The SMILES string of the molecule is NNc1ccc(Cl)c(C(=O)Nc2ccc(F)cc2F)n1. The molecule has 0 aliphatic rings. The number of nitrogens with one attached hydrogen (secondary N) is 2. The van der Waals surface area contributed by atoms with E-state index >= 15 is 0 Å². The average Bonchev–Trinajstić information content (AvgIpc) is 2.42. The number of carbonyl (C=O) groups excluding carboxylic acids is 1. The van der Waals surface area contributed by atoms with Crippen LogP contribution in [-0.4, -0.2) is 10.9 Å². The predicted molar refractivity (Wildman–Crippen MR) is 71.4 cm³/mol. The van der Waals surface area contributed by atoms with Crippen LogP contribution in [0.15, 0.2) is 30.3 Å². The van der Waals surface area contributed by atoms with Crippen LogP contribution in [-0.2, 0) is 0 Å². The van der Waals surface area contributed by atoms with Crippen molar-refractivity contribution < 1.29 is 13.6 Å². The van der Waals surface area contributed by atoms with Crippen molar-refractivity contribution in [2.24, 2.45) is 5.84 Å². The van der Waals surface area contributed by atoms with Gasteiger partial charge in [-0.15, -0.1) is 0 Å². The molecule has 5 nitrogen and oxygen atoms in total. The van der Waals surface area contributed by atoms with Crippen molar-refractivity contribution >= 4 is 29.0 Å². The molecule has 20 heavy (non-hydrogen) atoms. The largest absolute Gasteiger partial charge is 0.318 e. The number of carbonyl (C=O) groups is 1. The van der Waals surface area contributed by atoms with Gasteiger partial charge in [0.1, 0.15) is 23.1 Å². The van der Waals surface area contributed by atoms with E-state index in [1.54, 1.807) is 0 Å². The number of benzene rings is 1. The molecule has 0 spiro atoms. The summed E-state index contributed by atoms with van der Waals surface area (Å²) in [6.07, 6.45) is 0. The number of hydrogen-bond acceptors (Lipinski definition) is 4. The number of nitrogen functional groups attached to an aromatic ring is 1. The molecule has 1 aromatic carbocycles. The molecule has 0 aliphatic carbocycles. The van der Waals surface area contributed by atoms with Crippen molar-refractivity contribution in [1.82, 2.24) is 4.98 Å². The van der Waals surface area contributed by atoms with Crippen molar-refractivity contribution in [2.75, 3.05) is 10.7 Å². The first-order valence-electron chi connectivity index (χ1n) is 5.41. The zero-order chi connectivity index (χ0) is 14.7. The number of nitrogens with zero attached hydrogens (tertiary/aromatic N) is 1. The van der Waals surface area contributed by atoms with Gasteiger partial charge in [0.25, 0.3) is 5.91 Å². The minimum Gasteiger partial charge on any atom is -0.318 e. The van der Waals surface area contributed by atoms with Gasteiger partial charge in [-0.05, 0) is 24.3 Å². The summed E-state index contributed by atoms with van der Waals surface area (Å²) in [5.74, 6) is 3.01. The van der Waals surface area contributed by atoms with Gasteiger partial charge >= 0.3 is 0 Å². The van der Waals surface area contributed by atoms with Crippen LogP contribution in [0.4, 0.5) is 20.3 Å². The van der Waals surface area contributed by atoms with Crippen LogP contribution < -0.4 is 16.6 Å². The van der Waals surface area contributed by atoms with Gasteiger partial charge in [-0.3, -0.25) is 4.79 Å². The maximum Gasteiger partial charge on any atom is 0.275 e. The van der Waals surface area contributed by atoms with E-state index in [0.29, 0.717) is 6.07 Å². The zero-order valence-corrected chi connectivity index (χ0v) is 10.7. The van der Waals surface area contributed by atoms with Gasteiger partial charge in [-0.1, -0.05) is 11.6 Å². The lowest BCUT2D eigenvalue weighted by atomic mass is 10.2. The summed E-state index contributed by atoms with van der Waals surface area (Å²) < 4.78 is 26.2. The number of anilines is 2. The van der Waals surface area contributed by atoms with Gasteiger partial charge in [0.2, 0.25) is 0 Å². The van der Waals surface area contributed by atoms with Crippen LogP contribution in [0.2, 0.25) is 5.02 Å². The van der Waals surface area contributed by atoms with Gasteiger partial charge in [0.05, 0.1) is 10.7 Å². The summed E-state index contributed by atoms with van der Waals surface area (Å²) in [4.78, 5) is 15.8. The lowest BCUT2D eigenvalue weighted by molar-refractivity contribution is 0.102. The summed E-state index contributed by atoms with van der Waals surface area (Å²) in [5, 5.41) is 2.32. The quantitative estimate of drug-likeness (QED) is 0.601. The molecule has 0 saturated carbocycles. The molecule has 0 fully saturated rings. The highest BCUT2D eigenvalue weighted by atomic mass is 35.5. The Bertz CT molecular complexity index is 666. The first-order valence-corrected chi connectivity index (χ1v) is 5.78. The van der Waals surface area contributed by atoms with Gasteiger partial charge in [-0.25, -0.2) is 19.6 Å². The normalized spacial score (nSPS) is 10.2. The summed E-state index contributed by atoms with van der Waals surface area (Å²) in [6, 6.07) is 5.66. The molecule has 8 heteroatoms.